The molecule has 0 aliphatic carbocycles. The first-order valence-electron chi connectivity index (χ1n) is 7.59. The number of furan rings is 1. The number of benzene rings is 1. The molecule has 3 rings (SSSR count). The van der Waals surface area contributed by atoms with E-state index in [1.54, 1.807) is 18.2 Å². The van der Waals surface area contributed by atoms with E-state index in [9.17, 15) is 23.1 Å². The summed E-state index contributed by atoms with van der Waals surface area (Å²) in [5.74, 6) is -1.86. The van der Waals surface area contributed by atoms with Crippen molar-refractivity contribution in [3.8, 4) is 5.75 Å². The largest absolute Gasteiger partial charge is 0.493 e. The minimum Gasteiger partial charge on any atom is -0.493 e. The Kier molecular flexibility index (Phi) is 4.46. The van der Waals surface area contributed by atoms with Crippen LogP contribution in [0.5, 0.6) is 5.75 Å². The van der Waals surface area contributed by atoms with Crippen molar-refractivity contribution in [2.45, 2.75) is 24.3 Å². The highest BCUT2D eigenvalue weighted by atomic mass is 32.2. The fourth-order valence-electron chi connectivity index (χ4n) is 2.74. The summed E-state index contributed by atoms with van der Waals surface area (Å²) in [5.41, 5.74) is 1.22. The highest BCUT2D eigenvalue weighted by molar-refractivity contribution is 7.89. The van der Waals surface area contributed by atoms with Crippen LogP contribution in [0.4, 0.5) is 0 Å². The van der Waals surface area contributed by atoms with E-state index in [0.717, 1.165) is 11.6 Å². The molecule has 0 bridgehead atoms. The number of amides is 1. The molecule has 0 fully saturated rings. The number of carbonyl (C=O) groups is 2. The Bertz CT molecular complexity index is 994. The highest BCUT2D eigenvalue weighted by Gasteiger charge is 2.27. The van der Waals surface area contributed by atoms with Gasteiger partial charge in [0.25, 0.3) is 5.91 Å². The molecule has 9 nitrogen and oxygen atoms in total. The van der Waals surface area contributed by atoms with Gasteiger partial charge < -0.3 is 19.6 Å². The topological polar surface area (TPSA) is 149 Å². The van der Waals surface area contributed by atoms with Crippen molar-refractivity contribution in [2.24, 2.45) is 5.14 Å². The first kappa shape index (κ1) is 18.0. The van der Waals surface area contributed by atoms with Crippen molar-refractivity contribution < 1.29 is 32.3 Å². The van der Waals surface area contributed by atoms with E-state index in [1.165, 1.54) is 6.92 Å². The van der Waals surface area contributed by atoms with Gasteiger partial charge in [-0.3, -0.25) is 4.79 Å². The van der Waals surface area contributed by atoms with Gasteiger partial charge in [0.05, 0.1) is 6.61 Å². The Morgan fingerprint density at radius 2 is 2.04 bits per heavy atom. The van der Waals surface area contributed by atoms with Crippen LogP contribution in [0, 0.1) is 6.92 Å². The van der Waals surface area contributed by atoms with Gasteiger partial charge in [0.2, 0.25) is 10.0 Å². The second-order valence-electron chi connectivity index (χ2n) is 5.79. The zero-order valence-corrected chi connectivity index (χ0v) is 14.5. The molecule has 26 heavy (non-hydrogen) atoms. The van der Waals surface area contributed by atoms with Gasteiger partial charge in [-0.25, -0.2) is 18.4 Å². The zero-order valence-electron chi connectivity index (χ0n) is 13.7. The molecule has 1 amide bonds. The lowest BCUT2D eigenvalue weighted by Gasteiger charge is -2.15. The van der Waals surface area contributed by atoms with Crippen LogP contribution in [-0.2, 0) is 21.2 Å². The molecule has 1 aromatic heterocycles. The van der Waals surface area contributed by atoms with Gasteiger partial charge in [0, 0.05) is 12.5 Å². The quantitative estimate of drug-likeness (QED) is 0.692. The molecule has 10 heteroatoms. The maximum Gasteiger partial charge on any atom is 0.330 e. The van der Waals surface area contributed by atoms with Gasteiger partial charge in [0.15, 0.2) is 11.8 Å². The molecule has 1 unspecified atom stereocenters. The van der Waals surface area contributed by atoms with E-state index in [-0.39, 0.29) is 16.4 Å². The van der Waals surface area contributed by atoms with Crippen molar-refractivity contribution >= 4 is 21.9 Å². The van der Waals surface area contributed by atoms with Crippen LogP contribution >= 0.6 is 0 Å². The Morgan fingerprint density at radius 3 is 2.65 bits per heavy atom. The molecule has 0 saturated carbocycles. The molecule has 1 aromatic carbocycles. The number of ether oxygens (including phenoxy) is 1. The predicted molar refractivity (Wildman–Crippen MR) is 88.3 cm³/mol. The maximum absolute atomic E-state index is 12.3. The summed E-state index contributed by atoms with van der Waals surface area (Å²) in [7, 11) is -4.05. The number of carboxylic acid groups (broad SMARTS) is 1. The number of aryl methyl sites for hydroxylation is 1. The molecule has 1 aliphatic rings. The minimum absolute atomic E-state index is 0.0563. The molecular weight excluding hydrogens is 364 g/mol. The predicted octanol–water partition coefficient (Wildman–Crippen LogP) is 0.726. The van der Waals surface area contributed by atoms with E-state index in [4.69, 9.17) is 14.3 Å². The lowest BCUT2D eigenvalue weighted by Crippen LogP contribution is -2.33. The van der Waals surface area contributed by atoms with E-state index >= 15 is 0 Å². The Balaban J connectivity index is 1.87. The van der Waals surface area contributed by atoms with Crippen LogP contribution in [0.15, 0.2) is 33.6 Å². The SMILES string of the molecule is Cc1oc(C(=O)NC(C(=O)O)c2ccc3c(c2)CCO3)cc1S(N)(=O)=O. The van der Waals surface area contributed by atoms with E-state index in [1.807, 2.05) is 0 Å². The van der Waals surface area contributed by atoms with Crippen molar-refractivity contribution in [3.05, 3.63) is 46.9 Å². The summed E-state index contributed by atoms with van der Waals surface area (Å²) in [6, 6.07) is 4.49. The number of carbonyl (C=O) groups excluding carboxylic acids is 1. The lowest BCUT2D eigenvalue weighted by molar-refractivity contribution is -0.139. The molecule has 1 aliphatic heterocycles. The number of sulfonamides is 1. The fraction of sp³-hybridized carbons (Fsp3) is 0.250. The van der Waals surface area contributed by atoms with Gasteiger partial charge >= 0.3 is 5.97 Å². The van der Waals surface area contributed by atoms with Crippen LogP contribution in [-0.4, -0.2) is 32.0 Å². The molecule has 0 saturated heterocycles. The van der Waals surface area contributed by atoms with Gasteiger partial charge in [-0.15, -0.1) is 0 Å². The molecule has 2 heterocycles. The van der Waals surface area contributed by atoms with Gasteiger partial charge in [-0.1, -0.05) is 6.07 Å². The van der Waals surface area contributed by atoms with Gasteiger partial charge in [-0.05, 0) is 30.2 Å². The number of nitrogens with two attached hydrogens (primary N) is 1. The number of hydrogen-bond donors (Lipinski definition) is 3. The number of fused-ring (bicyclic) bond motifs is 1. The second-order valence-corrected chi connectivity index (χ2v) is 7.32. The highest BCUT2D eigenvalue weighted by Crippen LogP contribution is 2.28. The van der Waals surface area contributed by atoms with Crippen LogP contribution in [0.25, 0.3) is 0 Å². The van der Waals surface area contributed by atoms with E-state index in [2.05, 4.69) is 5.32 Å². The summed E-state index contributed by atoms with van der Waals surface area (Å²) in [5, 5.41) is 16.8. The number of rotatable bonds is 5. The molecule has 0 spiro atoms. The summed E-state index contributed by atoms with van der Waals surface area (Å²) in [4.78, 5) is 23.6. The number of aliphatic carboxylic acids is 1. The van der Waals surface area contributed by atoms with Crippen LogP contribution in [0.2, 0.25) is 0 Å². The summed E-state index contributed by atoms with van der Waals surface area (Å²) < 4.78 is 33.3. The Morgan fingerprint density at radius 1 is 1.31 bits per heavy atom. The van der Waals surface area contributed by atoms with Crippen molar-refractivity contribution in [1.82, 2.24) is 5.32 Å². The Labute approximate surface area is 148 Å². The normalized spacial score (nSPS) is 14.4. The molecule has 0 radical (unpaired) electrons. The van der Waals surface area contributed by atoms with Crippen molar-refractivity contribution in [3.63, 3.8) is 0 Å². The number of hydrogen-bond acceptors (Lipinski definition) is 6. The average molecular weight is 380 g/mol. The summed E-state index contributed by atoms with van der Waals surface area (Å²) >= 11 is 0. The van der Waals surface area contributed by atoms with Crippen LogP contribution < -0.4 is 15.2 Å². The lowest BCUT2D eigenvalue weighted by atomic mass is 10.0. The molecule has 138 valence electrons. The molecule has 2 aromatic rings. The monoisotopic (exact) mass is 380 g/mol. The second kappa shape index (κ2) is 6.46. The third-order valence-corrected chi connectivity index (χ3v) is 4.99. The minimum atomic E-state index is -4.05. The fourth-order valence-corrected chi connectivity index (χ4v) is 3.45. The van der Waals surface area contributed by atoms with Crippen LogP contribution in [0.1, 0.15) is 33.5 Å². The number of carboxylic acids is 1. The number of primary sulfonamides is 1. The maximum atomic E-state index is 12.3. The van der Waals surface area contributed by atoms with Crippen LogP contribution in [0.3, 0.4) is 0 Å². The zero-order chi connectivity index (χ0) is 19.1. The molecule has 4 N–H and O–H groups in total. The standard InChI is InChI=1S/C16H16N2O7S/c1-8-13(26(17,22)23)7-12(25-8)15(19)18-14(16(20)21)10-2-3-11-9(6-10)4-5-24-11/h2-3,6-7,14H,4-5H2,1H3,(H,18,19)(H,20,21)(H2,17,22,23). The summed E-state index contributed by atoms with van der Waals surface area (Å²) in [6.07, 6.45) is 0.651. The first-order valence-corrected chi connectivity index (χ1v) is 9.14. The third kappa shape index (κ3) is 3.41. The smallest absolute Gasteiger partial charge is 0.330 e. The summed E-state index contributed by atoms with van der Waals surface area (Å²) in [6.45, 7) is 1.86. The number of nitrogens with one attached hydrogen (secondary N) is 1. The third-order valence-electron chi connectivity index (χ3n) is 3.97. The first-order chi connectivity index (χ1) is 12.2. The van der Waals surface area contributed by atoms with Crippen molar-refractivity contribution in [2.75, 3.05) is 6.61 Å². The van der Waals surface area contributed by atoms with E-state index in [0.29, 0.717) is 24.3 Å². The van der Waals surface area contributed by atoms with Crippen molar-refractivity contribution in [1.29, 1.82) is 0 Å². The molecular formula is C16H16N2O7S. The van der Waals surface area contributed by atoms with Gasteiger partial charge in [0.1, 0.15) is 16.4 Å². The molecule has 1 atom stereocenters. The van der Waals surface area contributed by atoms with E-state index < -0.39 is 27.9 Å². The Hall–Kier alpha value is -2.85. The van der Waals surface area contributed by atoms with Gasteiger partial charge in [-0.2, -0.15) is 0 Å². The average Bonchev–Trinajstić information content (AvgIpc) is 3.17.